The van der Waals surface area contributed by atoms with E-state index >= 15 is 0 Å². The molecule has 1 saturated heterocycles. The maximum atomic E-state index is 13.9. The van der Waals surface area contributed by atoms with Gasteiger partial charge >= 0.3 is 6.03 Å². The van der Waals surface area contributed by atoms with Crippen LogP contribution in [0.15, 0.2) is 24.3 Å². The number of halogens is 3. The smallest absolute Gasteiger partial charge is 0.315 e. The number of carbonyl (C=O) groups is 1. The summed E-state index contributed by atoms with van der Waals surface area (Å²) in [6.07, 6.45) is 0.648. The van der Waals surface area contributed by atoms with E-state index in [0.29, 0.717) is 19.6 Å². The number of amides is 2. The first kappa shape index (κ1) is 16.6. The SMILES string of the molecule is CC1COCCC1NC(=O)NCC(F)(F)c1cccc(F)c1. The van der Waals surface area contributed by atoms with E-state index in [4.69, 9.17) is 4.74 Å². The summed E-state index contributed by atoms with van der Waals surface area (Å²) in [7, 11) is 0. The molecule has 22 heavy (non-hydrogen) atoms. The second-order valence-electron chi connectivity index (χ2n) is 5.49. The van der Waals surface area contributed by atoms with E-state index in [0.717, 1.165) is 18.2 Å². The molecule has 1 fully saturated rings. The lowest BCUT2D eigenvalue weighted by atomic mass is 9.98. The maximum absolute atomic E-state index is 13.9. The fourth-order valence-electron chi connectivity index (χ4n) is 2.32. The topological polar surface area (TPSA) is 50.4 Å². The predicted octanol–water partition coefficient (Wildman–Crippen LogP) is 2.64. The molecule has 4 nitrogen and oxygen atoms in total. The van der Waals surface area contributed by atoms with E-state index in [1.807, 2.05) is 6.92 Å². The van der Waals surface area contributed by atoms with Gasteiger partial charge in [0.05, 0.1) is 13.2 Å². The normalized spacial score (nSPS) is 22.2. The van der Waals surface area contributed by atoms with Crippen LogP contribution in [0.4, 0.5) is 18.0 Å². The minimum Gasteiger partial charge on any atom is -0.381 e. The van der Waals surface area contributed by atoms with Crippen molar-refractivity contribution in [2.24, 2.45) is 5.92 Å². The van der Waals surface area contributed by atoms with Crippen molar-refractivity contribution in [1.29, 1.82) is 0 Å². The largest absolute Gasteiger partial charge is 0.381 e. The van der Waals surface area contributed by atoms with Gasteiger partial charge in [-0.2, -0.15) is 8.78 Å². The highest BCUT2D eigenvalue weighted by atomic mass is 19.3. The number of hydrogen-bond donors (Lipinski definition) is 2. The molecule has 2 N–H and O–H groups in total. The number of benzene rings is 1. The zero-order valence-corrected chi connectivity index (χ0v) is 12.2. The van der Waals surface area contributed by atoms with Crippen LogP contribution in [-0.2, 0) is 10.7 Å². The Labute approximate surface area is 127 Å². The van der Waals surface area contributed by atoms with Crippen LogP contribution in [0.2, 0.25) is 0 Å². The van der Waals surface area contributed by atoms with E-state index in [2.05, 4.69) is 10.6 Å². The van der Waals surface area contributed by atoms with Gasteiger partial charge in [0.15, 0.2) is 0 Å². The van der Waals surface area contributed by atoms with Gasteiger partial charge in [-0.1, -0.05) is 19.1 Å². The number of rotatable bonds is 4. The predicted molar refractivity (Wildman–Crippen MR) is 75.2 cm³/mol. The monoisotopic (exact) mass is 316 g/mol. The van der Waals surface area contributed by atoms with Crippen molar-refractivity contribution >= 4 is 6.03 Å². The van der Waals surface area contributed by atoms with E-state index in [1.165, 1.54) is 6.07 Å². The van der Waals surface area contributed by atoms with Crippen molar-refractivity contribution in [3.63, 3.8) is 0 Å². The second-order valence-corrected chi connectivity index (χ2v) is 5.49. The van der Waals surface area contributed by atoms with E-state index in [9.17, 15) is 18.0 Å². The van der Waals surface area contributed by atoms with Gasteiger partial charge in [0, 0.05) is 18.2 Å². The van der Waals surface area contributed by atoms with E-state index in [1.54, 1.807) is 0 Å². The lowest BCUT2D eigenvalue weighted by Gasteiger charge is -2.29. The first-order valence-corrected chi connectivity index (χ1v) is 7.14. The lowest BCUT2D eigenvalue weighted by Crippen LogP contribution is -2.50. The molecule has 2 rings (SSSR count). The van der Waals surface area contributed by atoms with Crippen LogP contribution in [0, 0.1) is 11.7 Å². The minimum atomic E-state index is -3.33. The number of alkyl halides is 2. The zero-order valence-electron chi connectivity index (χ0n) is 12.2. The second kappa shape index (κ2) is 7.00. The van der Waals surface area contributed by atoms with Crippen molar-refractivity contribution < 1.29 is 22.7 Å². The van der Waals surface area contributed by atoms with Gasteiger partial charge in [0.1, 0.15) is 5.82 Å². The van der Waals surface area contributed by atoms with E-state index < -0.39 is 29.9 Å². The van der Waals surface area contributed by atoms with Crippen molar-refractivity contribution in [2.45, 2.75) is 25.3 Å². The summed E-state index contributed by atoms with van der Waals surface area (Å²) in [5.41, 5.74) is -0.466. The number of carbonyl (C=O) groups excluding carboxylic acids is 1. The maximum Gasteiger partial charge on any atom is 0.315 e. The summed E-state index contributed by atoms with van der Waals surface area (Å²) >= 11 is 0. The number of ether oxygens (including phenoxy) is 1. The van der Waals surface area contributed by atoms with Gasteiger partial charge in [-0.05, 0) is 24.5 Å². The van der Waals surface area contributed by atoms with Gasteiger partial charge < -0.3 is 15.4 Å². The molecule has 0 spiro atoms. The van der Waals surface area contributed by atoms with Crippen LogP contribution < -0.4 is 10.6 Å². The Morgan fingerprint density at radius 3 is 2.91 bits per heavy atom. The Bertz CT molecular complexity index is 525. The molecule has 1 aliphatic heterocycles. The molecule has 7 heteroatoms. The van der Waals surface area contributed by atoms with Crippen molar-refractivity contribution in [3.8, 4) is 0 Å². The van der Waals surface area contributed by atoms with Gasteiger partial charge in [0.2, 0.25) is 0 Å². The van der Waals surface area contributed by atoms with Crippen LogP contribution in [0.5, 0.6) is 0 Å². The molecular formula is C15H19F3N2O2. The zero-order chi connectivity index (χ0) is 16.2. The first-order chi connectivity index (χ1) is 10.4. The molecule has 0 bridgehead atoms. The Morgan fingerprint density at radius 1 is 1.45 bits per heavy atom. The summed E-state index contributed by atoms with van der Waals surface area (Å²) < 4.78 is 46.1. The molecule has 0 aromatic heterocycles. The van der Waals surface area contributed by atoms with Gasteiger partial charge in [-0.15, -0.1) is 0 Å². The highest BCUT2D eigenvalue weighted by Gasteiger charge is 2.33. The molecule has 1 heterocycles. The average molecular weight is 316 g/mol. The number of hydrogen-bond acceptors (Lipinski definition) is 2. The van der Waals surface area contributed by atoms with E-state index in [-0.39, 0.29) is 12.0 Å². The first-order valence-electron chi connectivity index (χ1n) is 7.14. The highest BCUT2D eigenvalue weighted by molar-refractivity contribution is 5.74. The molecular weight excluding hydrogens is 297 g/mol. The van der Waals surface area contributed by atoms with Crippen molar-refractivity contribution in [1.82, 2.24) is 10.6 Å². The van der Waals surface area contributed by atoms with Crippen LogP contribution >= 0.6 is 0 Å². The van der Waals surface area contributed by atoms with Crippen LogP contribution in [0.1, 0.15) is 18.9 Å². The molecule has 1 aliphatic rings. The lowest BCUT2D eigenvalue weighted by molar-refractivity contribution is -0.00142. The molecule has 1 aromatic carbocycles. The molecule has 0 aliphatic carbocycles. The average Bonchev–Trinajstić information content (AvgIpc) is 2.48. The van der Waals surface area contributed by atoms with Crippen molar-refractivity contribution in [2.75, 3.05) is 19.8 Å². The summed E-state index contributed by atoms with van der Waals surface area (Å²) in [5, 5.41) is 4.81. The fraction of sp³-hybridized carbons (Fsp3) is 0.533. The molecule has 2 unspecified atom stereocenters. The van der Waals surface area contributed by atoms with Crippen LogP contribution in [-0.4, -0.2) is 31.8 Å². The standard InChI is InChI=1S/C15H19F3N2O2/c1-10-8-22-6-5-13(10)20-14(21)19-9-15(17,18)11-3-2-4-12(16)7-11/h2-4,7,10,13H,5-6,8-9H2,1H3,(H2,19,20,21). The Balaban J connectivity index is 1.87. The number of urea groups is 1. The molecule has 2 atom stereocenters. The quantitative estimate of drug-likeness (QED) is 0.897. The van der Waals surface area contributed by atoms with Crippen LogP contribution in [0.25, 0.3) is 0 Å². The summed E-state index contributed by atoms with van der Waals surface area (Å²) in [6.45, 7) is 2.10. The Morgan fingerprint density at radius 2 is 2.23 bits per heavy atom. The Hall–Kier alpha value is -1.76. The highest BCUT2D eigenvalue weighted by Crippen LogP contribution is 2.27. The van der Waals surface area contributed by atoms with Crippen LogP contribution in [0.3, 0.4) is 0 Å². The third kappa shape index (κ3) is 4.37. The molecule has 0 radical (unpaired) electrons. The molecule has 1 aromatic rings. The molecule has 0 saturated carbocycles. The van der Waals surface area contributed by atoms with Gasteiger partial charge in [-0.3, -0.25) is 0 Å². The summed E-state index contributed by atoms with van der Waals surface area (Å²) in [6, 6.07) is 3.43. The van der Waals surface area contributed by atoms with Crippen molar-refractivity contribution in [3.05, 3.63) is 35.6 Å². The third-order valence-electron chi connectivity index (χ3n) is 3.68. The van der Waals surface area contributed by atoms with Gasteiger partial charge in [-0.25, -0.2) is 9.18 Å². The third-order valence-corrected chi connectivity index (χ3v) is 3.68. The number of nitrogens with one attached hydrogen (secondary N) is 2. The molecule has 2 amide bonds. The molecule has 122 valence electrons. The summed E-state index contributed by atoms with van der Waals surface area (Å²) in [4.78, 5) is 11.7. The Kier molecular flexibility index (Phi) is 5.28. The van der Waals surface area contributed by atoms with Gasteiger partial charge in [0.25, 0.3) is 5.92 Å². The fourth-order valence-corrected chi connectivity index (χ4v) is 2.32. The minimum absolute atomic E-state index is 0.100. The summed E-state index contributed by atoms with van der Waals surface area (Å²) in [5.74, 6) is -3.94.